The SMILES string of the molecule is CCc1ccc2c(c1)N(C)C(=O)C(C)(C)C(=O)N2CC. The molecule has 4 heteroatoms. The van der Waals surface area contributed by atoms with E-state index in [4.69, 9.17) is 0 Å². The third kappa shape index (κ3) is 1.99. The summed E-state index contributed by atoms with van der Waals surface area (Å²) >= 11 is 0. The zero-order valence-corrected chi connectivity index (χ0v) is 12.9. The zero-order chi connectivity index (χ0) is 15.1. The average Bonchev–Trinajstić information content (AvgIpc) is 2.50. The number of carbonyl (C=O) groups is 2. The number of nitrogens with zero attached hydrogens (tertiary/aromatic N) is 2. The van der Waals surface area contributed by atoms with Gasteiger partial charge in [-0.1, -0.05) is 13.0 Å². The van der Waals surface area contributed by atoms with Crippen molar-refractivity contribution in [3.05, 3.63) is 23.8 Å². The van der Waals surface area contributed by atoms with Crippen molar-refractivity contribution in [2.24, 2.45) is 5.41 Å². The Morgan fingerprint density at radius 3 is 2.25 bits per heavy atom. The molecule has 2 amide bonds. The number of anilines is 2. The van der Waals surface area contributed by atoms with Crippen molar-refractivity contribution in [3.63, 3.8) is 0 Å². The molecular weight excluding hydrogens is 252 g/mol. The highest BCUT2D eigenvalue weighted by molar-refractivity contribution is 6.19. The molecule has 0 unspecified atom stereocenters. The standard InChI is InChI=1S/C16H22N2O2/c1-6-11-8-9-12-13(10-11)17(5)14(19)16(3,4)15(20)18(12)7-2/h8-10H,6-7H2,1-5H3. The smallest absolute Gasteiger partial charge is 0.242 e. The van der Waals surface area contributed by atoms with Crippen molar-refractivity contribution in [1.29, 1.82) is 0 Å². The summed E-state index contributed by atoms with van der Waals surface area (Å²) in [7, 11) is 1.74. The van der Waals surface area contributed by atoms with E-state index in [2.05, 4.69) is 6.92 Å². The van der Waals surface area contributed by atoms with E-state index in [-0.39, 0.29) is 11.8 Å². The predicted molar refractivity (Wildman–Crippen MR) is 81.0 cm³/mol. The van der Waals surface area contributed by atoms with Crippen molar-refractivity contribution in [3.8, 4) is 0 Å². The third-order valence-corrected chi connectivity index (χ3v) is 4.04. The summed E-state index contributed by atoms with van der Waals surface area (Å²) in [5.74, 6) is -0.298. The fourth-order valence-electron chi connectivity index (χ4n) is 2.67. The van der Waals surface area contributed by atoms with Gasteiger partial charge in [-0.05, 0) is 44.9 Å². The van der Waals surface area contributed by atoms with Gasteiger partial charge in [0.05, 0.1) is 11.4 Å². The first-order valence-electron chi connectivity index (χ1n) is 7.07. The number of aryl methyl sites for hydroxylation is 1. The van der Waals surface area contributed by atoms with E-state index < -0.39 is 5.41 Å². The molecule has 0 fully saturated rings. The molecule has 0 bridgehead atoms. The molecule has 1 aliphatic rings. The molecular formula is C16H22N2O2. The van der Waals surface area contributed by atoms with Gasteiger partial charge in [-0.2, -0.15) is 0 Å². The quantitative estimate of drug-likeness (QED) is 0.778. The molecule has 1 heterocycles. The van der Waals surface area contributed by atoms with Crippen LogP contribution in [-0.2, 0) is 16.0 Å². The summed E-state index contributed by atoms with van der Waals surface area (Å²) in [4.78, 5) is 28.5. The van der Waals surface area contributed by atoms with E-state index in [1.54, 1.807) is 30.7 Å². The summed E-state index contributed by atoms with van der Waals surface area (Å²) in [6, 6.07) is 5.97. The second kappa shape index (κ2) is 4.93. The molecule has 0 N–H and O–H groups in total. The summed E-state index contributed by atoms with van der Waals surface area (Å²) in [5, 5.41) is 0. The van der Waals surface area contributed by atoms with Crippen LogP contribution in [0.5, 0.6) is 0 Å². The lowest BCUT2D eigenvalue weighted by Crippen LogP contribution is -2.47. The molecule has 0 atom stereocenters. The second-order valence-corrected chi connectivity index (χ2v) is 5.72. The minimum atomic E-state index is -1.03. The normalized spacial score (nSPS) is 18.1. The number of hydrogen-bond acceptors (Lipinski definition) is 2. The molecule has 0 aromatic heterocycles. The van der Waals surface area contributed by atoms with Crippen LogP contribution in [0.3, 0.4) is 0 Å². The number of rotatable bonds is 2. The molecule has 1 aromatic rings. The van der Waals surface area contributed by atoms with Gasteiger partial charge in [0.25, 0.3) is 0 Å². The van der Waals surface area contributed by atoms with Crippen LogP contribution in [-0.4, -0.2) is 25.4 Å². The summed E-state index contributed by atoms with van der Waals surface area (Å²) in [6.45, 7) is 7.96. The highest BCUT2D eigenvalue weighted by Gasteiger charge is 2.44. The molecule has 4 nitrogen and oxygen atoms in total. The lowest BCUT2D eigenvalue weighted by Gasteiger charge is -2.27. The molecule has 1 aromatic carbocycles. The fraction of sp³-hybridized carbons (Fsp3) is 0.500. The maximum atomic E-state index is 12.6. The first kappa shape index (κ1) is 14.6. The Kier molecular flexibility index (Phi) is 3.59. The Morgan fingerprint density at radius 1 is 1.05 bits per heavy atom. The van der Waals surface area contributed by atoms with Crippen LogP contribution in [0.1, 0.15) is 33.3 Å². The Bertz CT molecular complexity index is 564. The van der Waals surface area contributed by atoms with Gasteiger partial charge in [-0.25, -0.2) is 0 Å². The largest absolute Gasteiger partial charge is 0.313 e. The van der Waals surface area contributed by atoms with Gasteiger partial charge < -0.3 is 9.80 Å². The van der Waals surface area contributed by atoms with Crippen molar-refractivity contribution in [2.75, 3.05) is 23.4 Å². The van der Waals surface area contributed by atoms with Gasteiger partial charge in [0, 0.05) is 13.6 Å². The van der Waals surface area contributed by atoms with Crippen molar-refractivity contribution in [2.45, 2.75) is 34.1 Å². The first-order chi connectivity index (χ1) is 9.34. The molecule has 0 aliphatic carbocycles. The highest BCUT2D eigenvalue weighted by atomic mass is 16.2. The van der Waals surface area contributed by atoms with Crippen molar-refractivity contribution in [1.82, 2.24) is 0 Å². The lowest BCUT2D eigenvalue weighted by molar-refractivity contribution is -0.137. The van der Waals surface area contributed by atoms with Crippen LogP contribution in [0, 0.1) is 5.41 Å². The Balaban J connectivity index is 2.69. The lowest BCUT2D eigenvalue weighted by atomic mass is 9.90. The molecule has 2 rings (SSSR count). The Hall–Kier alpha value is -1.84. The molecule has 0 radical (unpaired) electrons. The maximum absolute atomic E-state index is 12.6. The Morgan fingerprint density at radius 2 is 1.70 bits per heavy atom. The van der Waals surface area contributed by atoms with Crippen LogP contribution < -0.4 is 9.80 Å². The summed E-state index contributed by atoms with van der Waals surface area (Å²) in [5.41, 5.74) is 1.76. The summed E-state index contributed by atoms with van der Waals surface area (Å²) in [6.07, 6.45) is 0.902. The van der Waals surface area contributed by atoms with E-state index in [0.29, 0.717) is 6.54 Å². The van der Waals surface area contributed by atoms with Crippen molar-refractivity contribution < 1.29 is 9.59 Å². The van der Waals surface area contributed by atoms with E-state index in [0.717, 1.165) is 23.4 Å². The predicted octanol–water partition coefficient (Wildman–Crippen LogP) is 2.60. The number of carbonyl (C=O) groups excluding carboxylic acids is 2. The second-order valence-electron chi connectivity index (χ2n) is 5.72. The van der Waals surface area contributed by atoms with Crippen LogP contribution >= 0.6 is 0 Å². The van der Waals surface area contributed by atoms with E-state index in [1.807, 2.05) is 25.1 Å². The van der Waals surface area contributed by atoms with E-state index in [1.165, 1.54) is 0 Å². The molecule has 0 spiro atoms. The van der Waals surface area contributed by atoms with Gasteiger partial charge in [-0.3, -0.25) is 9.59 Å². The third-order valence-electron chi connectivity index (χ3n) is 4.04. The number of amides is 2. The topological polar surface area (TPSA) is 40.6 Å². The maximum Gasteiger partial charge on any atom is 0.242 e. The molecule has 108 valence electrons. The number of fused-ring (bicyclic) bond motifs is 1. The van der Waals surface area contributed by atoms with Gasteiger partial charge in [0.1, 0.15) is 5.41 Å². The monoisotopic (exact) mass is 274 g/mol. The van der Waals surface area contributed by atoms with Crippen LogP contribution in [0.2, 0.25) is 0 Å². The Labute approximate surface area is 120 Å². The van der Waals surface area contributed by atoms with Crippen LogP contribution in [0.4, 0.5) is 11.4 Å². The van der Waals surface area contributed by atoms with Crippen molar-refractivity contribution >= 4 is 23.2 Å². The first-order valence-corrected chi connectivity index (χ1v) is 7.07. The molecule has 1 aliphatic heterocycles. The van der Waals surface area contributed by atoms with E-state index >= 15 is 0 Å². The van der Waals surface area contributed by atoms with Gasteiger partial charge in [-0.15, -0.1) is 0 Å². The molecule has 20 heavy (non-hydrogen) atoms. The minimum absolute atomic E-state index is 0.139. The van der Waals surface area contributed by atoms with Gasteiger partial charge in [0.2, 0.25) is 11.8 Å². The van der Waals surface area contributed by atoms with Crippen LogP contribution in [0.25, 0.3) is 0 Å². The van der Waals surface area contributed by atoms with Gasteiger partial charge in [0.15, 0.2) is 0 Å². The highest BCUT2D eigenvalue weighted by Crippen LogP contribution is 2.38. The minimum Gasteiger partial charge on any atom is -0.313 e. The molecule has 0 saturated carbocycles. The van der Waals surface area contributed by atoms with Gasteiger partial charge >= 0.3 is 0 Å². The average molecular weight is 274 g/mol. The van der Waals surface area contributed by atoms with E-state index in [9.17, 15) is 9.59 Å². The summed E-state index contributed by atoms with van der Waals surface area (Å²) < 4.78 is 0. The number of benzene rings is 1. The van der Waals surface area contributed by atoms with Crippen LogP contribution in [0.15, 0.2) is 18.2 Å². The fourth-order valence-corrected chi connectivity index (χ4v) is 2.67. The zero-order valence-electron chi connectivity index (χ0n) is 12.9. The molecule has 0 saturated heterocycles. The number of hydrogen-bond donors (Lipinski definition) is 0.